The van der Waals surface area contributed by atoms with Gasteiger partial charge in [-0.2, -0.15) is 5.10 Å². The minimum absolute atomic E-state index is 0.000567. The number of aromatic nitrogens is 3. The number of hydrogen-bond acceptors (Lipinski definition) is 4. The van der Waals surface area contributed by atoms with Gasteiger partial charge >= 0.3 is 0 Å². The number of nitrogens with zero attached hydrogens (tertiary/aromatic N) is 3. The van der Waals surface area contributed by atoms with Gasteiger partial charge in [-0.15, -0.1) is 11.8 Å². The normalized spacial score (nSPS) is 12.0. The van der Waals surface area contributed by atoms with Gasteiger partial charge in [-0.05, 0) is 49.9 Å². The van der Waals surface area contributed by atoms with Crippen LogP contribution >= 0.6 is 11.8 Å². The third-order valence-corrected chi connectivity index (χ3v) is 5.03. The lowest BCUT2D eigenvalue weighted by molar-refractivity contribution is -0.121. The molecule has 2 aromatic heterocycles. The van der Waals surface area contributed by atoms with Gasteiger partial charge in [0.05, 0.1) is 18.7 Å². The smallest absolute Gasteiger partial charge is 0.224 e. The quantitative estimate of drug-likeness (QED) is 0.676. The van der Waals surface area contributed by atoms with E-state index < -0.39 is 0 Å². The molecule has 6 heteroatoms. The first-order valence-electron chi connectivity index (χ1n) is 8.46. The Morgan fingerprint density at radius 2 is 2.00 bits per heavy atom. The Morgan fingerprint density at radius 1 is 1.23 bits per heavy atom. The van der Waals surface area contributed by atoms with E-state index in [4.69, 9.17) is 0 Å². The Kier molecular flexibility index (Phi) is 5.73. The highest BCUT2D eigenvalue weighted by Gasteiger charge is 2.16. The van der Waals surface area contributed by atoms with Crippen LogP contribution in [0.4, 0.5) is 0 Å². The minimum atomic E-state index is -0.120. The van der Waals surface area contributed by atoms with Crippen LogP contribution in [0.3, 0.4) is 0 Å². The molecule has 0 aliphatic rings. The molecule has 1 amide bonds. The van der Waals surface area contributed by atoms with Gasteiger partial charge < -0.3 is 5.32 Å². The fourth-order valence-electron chi connectivity index (χ4n) is 2.86. The molecule has 134 valence electrons. The van der Waals surface area contributed by atoms with Crippen molar-refractivity contribution in [2.75, 3.05) is 6.26 Å². The highest BCUT2D eigenvalue weighted by molar-refractivity contribution is 7.98. The largest absolute Gasteiger partial charge is 0.349 e. The standard InChI is InChI=1S/C20H22N4OS/c1-14(23-20(25)12-16-7-9-17(26-3)10-8-16)18-13-22-24(15(18)2)19-6-4-5-11-21-19/h4-11,13-14H,12H2,1-3H3,(H,23,25). The van der Waals surface area contributed by atoms with Crippen molar-refractivity contribution >= 4 is 17.7 Å². The van der Waals surface area contributed by atoms with E-state index in [-0.39, 0.29) is 11.9 Å². The van der Waals surface area contributed by atoms with Gasteiger partial charge in [-0.1, -0.05) is 18.2 Å². The molecular formula is C20H22N4OS. The third kappa shape index (κ3) is 4.14. The molecule has 1 unspecified atom stereocenters. The highest BCUT2D eigenvalue weighted by Crippen LogP contribution is 2.20. The molecule has 0 fully saturated rings. The molecule has 0 saturated heterocycles. The van der Waals surface area contributed by atoms with Crippen molar-refractivity contribution in [1.82, 2.24) is 20.1 Å². The van der Waals surface area contributed by atoms with Gasteiger partial charge in [0.1, 0.15) is 0 Å². The van der Waals surface area contributed by atoms with Crippen molar-refractivity contribution in [3.63, 3.8) is 0 Å². The monoisotopic (exact) mass is 366 g/mol. The summed E-state index contributed by atoms with van der Waals surface area (Å²) in [6.07, 6.45) is 5.94. The molecule has 1 atom stereocenters. The van der Waals surface area contributed by atoms with E-state index >= 15 is 0 Å². The van der Waals surface area contributed by atoms with Crippen molar-refractivity contribution in [3.8, 4) is 5.82 Å². The molecule has 2 heterocycles. The first-order valence-corrected chi connectivity index (χ1v) is 9.69. The zero-order valence-corrected chi connectivity index (χ0v) is 16.0. The minimum Gasteiger partial charge on any atom is -0.349 e. The number of thioether (sulfide) groups is 1. The summed E-state index contributed by atoms with van der Waals surface area (Å²) in [5.74, 6) is 0.767. The second kappa shape index (κ2) is 8.19. The zero-order chi connectivity index (χ0) is 18.5. The van der Waals surface area contributed by atoms with E-state index in [1.165, 1.54) is 4.90 Å². The van der Waals surface area contributed by atoms with Crippen LogP contribution in [-0.4, -0.2) is 26.9 Å². The summed E-state index contributed by atoms with van der Waals surface area (Å²) in [5.41, 5.74) is 2.97. The van der Waals surface area contributed by atoms with Crippen LogP contribution in [0.25, 0.3) is 5.82 Å². The maximum Gasteiger partial charge on any atom is 0.224 e. The average molecular weight is 366 g/mol. The lowest BCUT2D eigenvalue weighted by atomic mass is 10.1. The highest BCUT2D eigenvalue weighted by atomic mass is 32.2. The summed E-state index contributed by atoms with van der Waals surface area (Å²) < 4.78 is 1.79. The number of benzene rings is 1. The number of carbonyl (C=O) groups excluding carboxylic acids is 1. The predicted molar refractivity (Wildman–Crippen MR) is 105 cm³/mol. The van der Waals surface area contributed by atoms with Crippen molar-refractivity contribution in [1.29, 1.82) is 0 Å². The van der Waals surface area contributed by atoms with E-state index in [0.29, 0.717) is 6.42 Å². The summed E-state index contributed by atoms with van der Waals surface area (Å²) >= 11 is 1.69. The van der Waals surface area contributed by atoms with Gasteiger partial charge in [0.15, 0.2) is 5.82 Å². The van der Waals surface area contributed by atoms with Crippen molar-refractivity contribution in [3.05, 3.63) is 71.7 Å². The zero-order valence-electron chi connectivity index (χ0n) is 15.1. The average Bonchev–Trinajstić information content (AvgIpc) is 3.04. The molecule has 0 saturated carbocycles. The summed E-state index contributed by atoms with van der Waals surface area (Å²) in [7, 11) is 0. The van der Waals surface area contributed by atoms with Crippen LogP contribution < -0.4 is 5.32 Å². The second-order valence-electron chi connectivity index (χ2n) is 6.10. The number of hydrogen-bond donors (Lipinski definition) is 1. The first kappa shape index (κ1) is 18.2. The number of pyridine rings is 1. The van der Waals surface area contributed by atoms with Crippen LogP contribution in [0.5, 0.6) is 0 Å². The molecule has 0 aliphatic heterocycles. The van der Waals surface area contributed by atoms with E-state index in [1.807, 2.05) is 62.6 Å². The SMILES string of the molecule is CSc1ccc(CC(=O)NC(C)c2cnn(-c3ccccn3)c2C)cc1. The van der Waals surface area contributed by atoms with Crippen LogP contribution in [0.15, 0.2) is 59.8 Å². The molecule has 0 spiro atoms. The third-order valence-electron chi connectivity index (χ3n) is 4.28. The van der Waals surface area contributed by atoms with E-state index in [0.717, 1.165) is 22.6 Å². The van der Waals surface area contributed by atoms with Crippen molar-refractivity contribution in [2.45, 2.75) is 31.2 Å². The lowest BCUT2D eigenvalue weighted by Gasteiger charge is -2.14. The Morgan fingerprint density at radius 3 is 2.65 bits per heavy atom. The maximum absolute atomic E-state index is 12.4. The molecule has 1 N–H and O–H groups in total. The number of amides is 1. The second-order valence-corrected chi connectivity index (χ2v) is 6.98. The Hall–Kier alpha value is -2.60. The number of rotatable bonds is 6. The van der Waals surface area contributed by atoms with Crippen LogP contribution in [-0.2, 0) is 11.2 Å². The van der Waals surface area contributed by atoms with E-state index in [9.17, 15) is 4.79 Å². The van der Waals surface area contributed by atoms with E-state index in [2.05, 4.69) is 15.4 Å². The number of nitrogens with one attached hydrogen (secondary N) is 1. The molecule has 0 radical (unpaired) electrons. The van der Waals surface area contributed by atoms with Crippen LogP contribution in [0, 0.1) is 6.92 Å². The predicted octanol–water partition coefficient (Wildman–Crippen LogP) is 3.72. The molecule has 3 rings (SSSR count). The fourth-order valence-corrected chi connectivity index (χ4v) is 3.26. The van der Waals surface area contributed by atoms with Crippen LogP contribution in [0.1, 0.15) is 29.8 Å². The maximum atomic E-state index is 12.4. The molecule has 0 aliphatic carbocycles. The molecule has 5 nitrogen and oxygen atoms in total. The first-order chi connectivity index (χ1) is 12.6. The Balaban J connectivity index is 1.67. The van der Waals surface area contributed by atoms with Crippen molar-refractivity contribution in [2.24, 2.45) is 0 Å². The molecular weight excluding hydrogens is 344 g/mol. The summed E-state index contributed by atoms with van der Waals surface area (Å²) in [5, 5.41) is 7.48. The summed E-state index contributed by atoms with van der Waals surface area (Å²) in [6, 6.07) is 13.7. The van der Waals surface area contributed by atoms with Crippen LogP contribution in [0.2, 0.25) is 0 Å². The van der Waals surface area contributed by atoms with Crippen molar-refractivity contribution < 1.29 is 4.79 Å². The van der Waals surface area contributed by atoms with Gasteiger partial charge in [0, 0.05) is 22.3 Å². The van der Waals surface area contributed by atoms with E-state index in [1.54, 1.807) is 28.8 Å². The Labute approximate surface area is 157 Å². The molecule has 0 bridgehead atoms. The molecule has 26 heavy (non-hydrogen) atoms. The fraction of sp³-hybridized carbons (Fsp3) is 0.250. The lowest BCUT2D eigenvalue weighted by Crippen LogP contribution is -2.28. The summed E-state index contributed by atoms with van der Waals surface area (Å²) in [4.78, 5) is 17.9. The van der Waals surface area contributed by atoms with Gasteiger partial charge in [0.25, 0.3) is 0 Å². The van der Waals surface area contributed by atoms with Gasteiger partial charge in [-0.25, -0.2) is 9.67 Å². The number of carbonyl (C=O) groups is 1. The van der Waals surface area contributed by atoms with Gasteiger partial charge in [-0.3, -0.25) is 4.79 Å². The molecule has 1 aromatic carbocycles. The topological polar surface area (TPSA) is 59.8 Å². The Bertz CT molecular complexity index is 875. The molecule has 3 aromatic rings. The van der Waals surface area contributed by atoms with Gasteiger partial charge in [0.2, 0.25) is 5.91 Å². The summed E-state index contributed by atoms with van der Waals surface area (Å²) in [6.45, 7) is 3.96.